The van der Waals surface area contributed by atoms with Gasteiger partial charge in [-0.25, -0.2) is 0 Å². The van der Waals surface area contributed by atoms with Gasteiger partial charge in [0.1, 0.15) is 11.5 Å². The smallest absolute Gasteiger partial charge is 0.223 e. The minimum absolute atomic E-state index is 0.0788. The molecule has 18 heavy (non-hydrogen) atoms. The number of methoxy groups -OCH3 is 1. The first-order valence-corrected chi connectivity index (χ1v) is 6.07. The number of ether oxygens (including phenoxy) is 1. The highest BCUT2D eigenvalue weighted by atomic mass is 35.5. The molecule has 4 nitrogen and oxygen atoms in total. The molecule has 0 N–H and O–H groups in total. The van der Waals surface area contributed by atoms with Crippen LogP contribution < -0.4 is 9.64 Å². The minimum atomic E-state index is -0.0906. The second kappa shape index (κ2) is 4.98. The highest BCUT2D eigenvalue weighted by molar-refractivity contribution is 6.33. The molecule has 5 heteroatoms. The number of carbonyl (C=O) groups is 2. The molecular weight excluding hydrogens is 254 g/mol. The Morgan fingerprint density at radius 3 is 2.78 bits per heavy atom. The lowest BCUT2D eigenvalue weighted by atomic mass is 10.1. The van der Waals surface area contributed by atoms with E-state index >= 15 is 0 Å². The van der Waals surface area contributed by atoms with Crippen LogP contribution in [0.4, 0.5) is 5.69 Å². The summed E-state index contributed by atoms with van der Waals surface area (Å²) in [7, 11) is 1.52. The van der Waals surface area contributed by atoms with Crippen LogP contribution in [0.3, 0.4) is 0 Å². The molecule has 1 heterocycles. The van der Waals surface area contributed by atoms with Gasteiger partial charge in [-0.2, -0.15) is 0 Å². The van der Waals surface area contributed by atoms with E-state index in [4.69, 9.17) is 16.3 Å². The van der Waals surface area contributed by atoms with Crippen LogP contribution in [0, 0.1) is 0 Å². The van der Waals surface area contributed by atoms with Crippen LogP contribution in [-0.4, -0.2) is 25.3 Å². The van der Waals surface area contributed by atoms with Crippen molar-refractivity contribution in [3.63, 3.8) is 0 Å². The van der Waals surface area contributed by atoms with Gasteiger partial charge in [0, 0.05) is 37.6 Å². The maximum atomic E-state index is 11.7. The van der Waals surface area contributed by atoms with Crippen molar-refractivity contribution < 1.29 is 14.3 Å². The lowest BCUT2D eigenvalue weighted by molar-refractivity contribution is -0.118. The summed E-state index contributed by atoms with van der Waals surface area (Å²) in [4.78, 5) is 24.9. The number of hydrogen-bond acceptors (Lipinski definition) is 3. The topological polar surface area (TPSA) is 46.6 Å². The van der Waals surface area contributed by atoms with E-state index in [1.54, 1.807) is 17.0 Å². The zero-order chi connectivity index (χ0) is 13.3. The van der Waals surface area contributed by atoms with Crippen LogP contribution in [-0.2, 0) is 16.0 Å². The Morgan fingerprint density at radius 2 is 2.17 bits per heavy atom. The van der Waals surface area contributed by atoms with Gasteiger partial charge >= 0.3 is 0 Å². The number of anilines is 1. The van der Waals surface area contributed by atoms with Gasteiger partial charge in [-0.3, -0.25) is 9.59 Å². The monoisotopic (exact) mass is 267 g/mol. The Kier molecular flexibility index (Phi) is 3.57. The Hall–Kier alpha value is -1.55. The second-order valence-corrected chi connectivity index (χ2v) is 4.59. The fraction of sp³-hybridized carbons (Fsp3) is 0.385. The largest absolute Gasteiger partial charge is 0.495 e. The molecule has 0 saturated carbocycles. The van der Waals surface area contributed by atoms with Gasteiger partial charge in [-0.1, -0.05) is 11.6 Å². The molecular formula is C13H14ClNO3. The van der Waals surface area contributed by atoms with E-state index in [-0.39, 0.29) is 18.1 Å². The Balaban J connectivity index is 2.59. The maximum Gasteiger partial charge on any atom is 0.223 e. The zero-order valence-corrected chi connectivity index (χ0v) is 11.1. The number of halogens is 1. The van der Waals surface area contributed by atoms with E-state index in [0.717, 1.165) is 0 Å². The molecule has 96 valence electrons. The SMILES string of the molecule is COc1ccc2c(c1Cl)CC(=O)CCN2C(C)=O. The molecule has 0 spiro atoms. The number of carbonyl (C=O) groups excluding carboxylic acids is 2. The van der Waals surface area contributed by atoms with Crippen molar-refractivity contribution in [2.75, 3.05) is 18.6 Å². The van der Waals surface area contributed by atoms with Gasteiger partial charge in [0.2, 0.25) is 5.91 Å². The van der Waals surface area contributed by atoms with E-state index in [9.17, 15) is 9.59 Å². The van der Waals surface area contributed by atoms with Crippen molar-refractivity contribution in [3.8, 4) is 5.75 Å². The number of amides is 1. The first-order valence-electron chi connectivity index (χ1n) is 5.69. The molecule has 0 atom stereocenters. The van der Waals surface area contributed by atoms with Gasteiger partial charge in [0.15, 0.2) is 0 Å². The number of benzene rings is 1. The summed E-state index contributed by atoms with van der Waals surface area (Å²) in [5.74, 6) is 0.510. The van der Waals surface area contributed by atoms with Crippen LogP contribution in [0.5, 0.6) is 5.75 Å². The van der Waals surface area contributed by atoms with Gasteiger partial charge < -0.3 is 9.64 Å². The molecule has 1 amide bonds. The number of ketones is 1. The Bertz CT molecular complexity index is 513. The zero-order valence-electron chi connectivity index (χ0n) is 10.3. The fourth-order valence-corrected chi connectivity index (χ4v) is 2.44. The van der Waals surface area contributed by atoms with Gasteiger partial charge in [0.05, 0.1) is 12.1 Å². The van der Waals surface area contributed by atoms with Crippen LogP contribution in [0.15, 0.2) is 12.1 Å². The molecule has 0 fully saturated rings. The van der Waals surface area contributed by atoms with Crippen LogP contribution in [0.25, 0.3) is 0 Å². The normalized spacial score (nSPS) is 15.1. The van der Waals surface area contributed by atoms with Crippen molar-refractivity contribution in [1.29, 1.82) is 0 Å². The summed E-state index contributed by atoms with van der Waals surface area (Å²) in [6.45, 7) is 1.89. The molecule has 2 rings (SSSR count). The predicted octanol–water partition coefficient (Wildman–Crippen LogP) is 2.22. The summed E-state index contributed by atoms with van der Waals surface area (Å²) in [5.41, 5.74) is 1.38. The lowest BCUT2D eigenvalue weighted by Crippen LogP contribution is -2.29. The Labute approximate surface area is 110 Å². The summed E-state index contributed by atoms with van der Waals surface area (Å²) in [6, 6.07) is 3.49. The molecule has 0 bridgehead atoms. The van der Waals surface area contributed by atoms with E-state index in [0.29, 0.717) is 35.0 Å². The molecule has 1 aromatic carbocycles. The average molecular weight is 268 g/mol. The highest BCUT2D eigenvalue weighted by Gasteiger charge is 2.25. The molecule has 0 unspecified atom stereocenters. The second-order valence-electron chi connectivity index (χ2n) is 4.22. The van der Waals surface area contributed by atoms with Crippen LogP contribution in [0.2, 0.25) is 5.02 Å². The molecule has 0 radical (unpaired) electrons. The molecule has 0 aliphatic carbocycles. The summed E-state index contributed by atoms with van der Waals surface area (Å²) in [5, 5.41) is 0.413. The number of hydrogen-bond donors (Lipinski definition) is 0. The van der Waals surface area contributed by atoms with E-state index < -0.39 is 0 Å². The van der Waals surface area contributed by atoms with Crippen molar-refractivity contribution in [1.82, 2.24) is 0 Å². The molecule has 0 saturated heterocycles. The van der Waals surface area contributed by atoms with Crippen LogP contribution >= 0.6 is 11.6 Å². The molecule has 1 aliphatic heterocycles. The summed E-state index contributed by atoms with van der Waals surface area (Å²) >= 11 is 6.22. The van der Waals surface area contributed by atoms with Gasteiger partial charge in [-0.15, -0.1) is 0 Å². The predicted molar refractivity (Wildman–Crippen MR) is 69.4 cm³/mol. The van der Waals surface area contributed by atoms with Crippen molar-refractivity contribution >= 4 is 29.0 Å². The molecule has 0 aromatic heterocycles. The first kappa shape index (κ1) is 12.9. The van der Waals surface area contributed by atoms with E-state index in [2.05, 4.69) is 0 Å². The van der Waals surface area contributed by atoms with E-state index in [1.807, 2.05) is 0 Å². The fourth-order valence-electron chi connectivity index (χ4n) is 2.14. The van der Waals surface area contributed by atoms with Gasteiger partial charge in [-0.05, 0) is 12.1 Å². The number of Topliss-reactive ketones (excluding diaryl/α,β-unsaturated/α-hetero) is 1. The third-order valence-electron chi connectivity index (χ3n) is 3.06. The Morgan fingerprint density at radius 1 is 1.44 bits per heavy atom. The molecule has 1 aromatic rings. The van der Waals surface area contributed by atoms with Crippen LogP contribution in [0.1, 0.15) is 18.9 Å². The summed E-state index contributed by atoms with van der Waals surface area (Å²) in [6.07, 6.45) is 0.599. The summed E-state index contributed by atoms with van der Waals surface area (Å²) < 4.78 is 5.14. The third-order valence-corrected chi connectivity index (χ3v) is 3.48. The number of fused-ring (bicyclic) bond motifs is 1. The van der Waals surface area contributed by atoms with Crippen molar-refractivity contribution in [2.24, 2.45) is 0 Å². The van der Waals surface area contributed by atoms with E-state index in [1.165, 1.54) is 14.0 Å². The van der Waals surface area contributed by atoms with Crippen molar-refractivity contribution in [3.05, 3.63) is 22.7 Å². The standard InChI is InChI=1S/C13H14ClNO3/c1-8(16)15-6-5-9(17)7-10-11(15)3-4-12(18-2)13(10)14/h3-4H,5-7H2,1-2H3. The number of nitrogens with zero attached hydrogens (tertiary/aromatic N) is 1. The molecule has 1 aliphatic rings. The minimum Gasteiger partial charge on any atom is -0.495 e. The lowest BCUT2D eigenvalue weighted by Gasteiger charge is -2.22. The number of rotatable bonds is 1. The quantitative estimate of drug-likeness (QED) is 0.784. The maximum absolute atomic E-state index is 11.7. The van der Waals surface area contributed by atoms with Gasteiger partial charge in [0.25, 0.3) is 0 Å². The highest BCUT2D eigenvalue weighted by Crippen LogP contribution is 2.37. The first-order chi connectivity index (χ1) is 8.54. The third kappa shape index (κ3) is 2.20. The van der Waals surface area contributed by atoms with Crippen molar-refractivity contribution in [2.45, 2.75) is 19.8 Å². The average Bonchev–Trinajstić information content (AvgIpc) is 2.49.